The zero-order chi connectivity index (χ0) is 14.2. The van der Waals surface area contributed by atoms with Gasteiger partial charge in [0.25, 0.3) is 0 Å². The maximum absolute atomic E-state index is 9.65. The topological polar surface area (TPSA) is 32.3 Å². The molecule has 0 radical (unpaired) electrons. The van der Waals surface area contributed by atoms with Crippen molar-refractivity contribution < 1.29 is 5.11 Å². The lowest BCUT2D eigenvalue weighted by Gasteiger charge is -2.24. The molecule has 0 amide bonds. The predicted octanol–water partition coefficient (Wildman–Crippen LogP) is 4.06. The zero-order valence-electron chi connectivity index (χ0n) is 12.7. The Morgan fingerprint density at radius 2 is 1.95 bits per heavy atom. The van der Waals surface area contributed by atoms with Crippen LogP contribution in [-0.2, 0) is 0 Å². The van der Waals surface area contributed by atoms with E-state index in [-0.39, 0.29) is 12.6 Å². The molecule has 0 saturated heterocycles. The van der Waals surface area contributed by atoms with Gasteiger partial charge in [0.1, 0.15) is 0 Å². The van der Waals surface area contributed by atoms with E-state index in [4.69, 9.17) is 0 Å². The molecule has 1 saturated carbocycles. The molecule has 2 nitrogen and oxygen atoms in total. The van der Waals surface area contributed by atoms with E-state index >= 15 is 0 Å². The molecule has 3 atom stereocenters. The molecule has 0 heterocycles. The number of benzene rings is 1. The van der Waals surface area contributed by atoms with Gasteiger partial charge in [0.05, 0.1) is 12.6 Å². The van der Waals surface area contributed by atoms with Crippen molar-refractivity contribution in [2.75, 3.05) is 6.61 Å². The van der Waals surface area contributed by atoms with Crippen LogP contribution >= 0.6 is 0 Å². The standard InChI is InChI=1S/C18H29NO/c1-2-7-15-8-6-11-17(13-12-15)19-18(14-20)16-9-4-3-5-10-16/h3-5,9-10,15,17-20H,2,6-8,11-14H2,1H3. The summed E-state index contributed by atoms with van der Waals surface area (Å²) in [6.45, 7) is 2.47. The third-order valence-electron chi connectivity index (χ3n) is 4.61. The first-order valence-corrected chi connectivity index (χ1v) is 8.25. The lowest BCUT2D eigenvalue weighted by Crippen LogP contribution is -2.34. The fraction of sp³-hybridized carbons (Fsp3) is 0.667. The van der Waals surface area contributed by atoms with Gasteiger partial charge in [-0.3, -0.25) is 0 Å². The van der Waals surface area contributed by atoms with E-state index in [0.717, 1.165) is 5.92 Å². The summed E-state index contributed by atoms with van der Waals surface area (Å²) in [6, 6.07) is 11.0. The van der Waals surface area contributed by atoms with Crippen molar-refractivity contribution in [2.45, 2.75) is 64.0 Å². The molecule has 0 aromatic heterocycles. The van der Waals surface area contributed by atoms with Gasteiger partial charge in [-0.15, -0.1) is 0 Å². The Labute approximate surface area is 123 Å². The normalized spacial score (nSPS) is 25.1. The zero-order valence-corrected chi connectivity index (χ0v) is 12.7. The van der Waals surface area contributed by atoms with Gasteiger partial charge in [0.15, 0.2) is 0 Å². The van der Waals surface area contributed by atoms with Crippen LogP contribution in [0.4, 0.5) is 0 Å². The summed E-state index contributed by atoms with van der Waals surface area (Å²) in [5.74, 6) is 0.927. The second-order valence-corrected chi connectivity index (χ2v) is 6.17. The highest BCUT2D eigenvalue weighted by molar-refractivity contribution is 5.19. The summed E-state index contributed by atoms with van der Waals surface area (Å²) in [7, 11) is 0. The summed E-state index contributed by atoms with van der Waals surface area (Å²) in [5, 5.41) is 13.3. The average molecular weight is 275 g/mol. The molecule has 1 aliphatic rings. The van der Waals surface area contributed by atoms with Crippen LogP contribution < -0.4 is 5.32 Å². The van der Waals surface area contributed by atoms with Crippen LogP contribution in [0.2, 0.25) is 0 Å². The number of rotatable bonds is 6. The fourth-order valence-electron chi connectivity index (χ4n) is 3.47. The third-order valence-corrected chi connectivity index (χ3v) is 4.61. The summed E-state index contributed by atoms with van der Waals surface area (Å²) in [6.07, 6.45) is 9.27. The summed E-state index contributed by atoms with van der Waals surface area (Å²) in [4.78, 5) is 0. The van der Waals surface area contributed by atoms with Crippen LogP contribution in [0.15, 0.2) is 30.3 Å². The maximum Gasteiger partial charge on any atom is 0.0626 e. The summed E-state index contributed by atoms with van der Waals surface area (Å²) in [5.41, 5.74) is 1.20. The van der Waals surface area contributed by atoms with Gasteiger partial charge >= 0.3 is 0 Å². The van der Waals surface area contributed by atoms with Crippen molar-refractivity contribution in [3.8, 4) is 0 Å². The van der Waals surface area contributed by atoms with E-state index in [1.165, 1.54) is 50.5 Å². The molecule has 0 bridgehead atoms. The predicted molar refractivity (Wildman–Crippen MR) is 84.7 cm³/mol. The summed E-state index contributed by atoms with van der Waals surface area (Å²) < 4.78 is 0. The van der Waals surface area contributed by atoms with E-state index in [1.807, 2.05) is 18.2 Å². The Kier molecular flexibility index (Phi) is 6.55. The Bertz CT molecular complexity index is 365. The highest BCUT2D eigenvalue weighted by Gasteiger charge is 2.21. The van der Waals surface area contributed by atoms with E-state index < -0.39 is 0 Å². The van der Waals surface area contributed by atoms with Crippen LogP contribution in [-0.4, -0.2) is 17.8 Å². The van der Waals surface area contributed by atoms with Gasteiger partial charge in [-0.1, -0.05) is 62.9 Å². The molecule has 0 spiro atoms. The average Bonchev–Trinajstić information content (AvgIpc) is 2.71. The first-order valence-electron chi connectivity index (χ1n) is 8.25. The SMILES string of the molecule is CCCC1CCCC(NC(CO)c2ccccc2)CC1. The Balaban J connectivity index is 1.88. The van der Waals surface area contributed by atoms with Crippen molar-refractivity contribution in [2.24, 2.45) is 5.92 Å². The molecule has 1 fully saturated rings. The Morgan fingerprint density at radius 3 is 2.65 bits per heavy atom. The number of hydrogen-bond acceptors (Lipinski definition) is 2. The molecule has 2 N–H and O–H groups in total. The molecule has 1 aromatic carbocycles. The molecular formula is C18H29NO. The van der Waals surface area contributed by atoms with Crippen LogP contribution in [0, 0.1) is 5.92 Å². The van der Waals surface area contributed by atoms with Gasteiger partial charge in [0, 0.05) is 6.04 Å². The summed E-state index contributed by atoms with van der Waals surface area (Å²) >= 11 is 0. The van der Waals surface area contributed by atoms with Crippen LogP contribution in [0.25, 0.3) is 0 Å². The molecule has 2 rings (SSSR count). The van der Waals surface area contributed by atoms with Crippen LogP contribution in [0.1, 0.15) is 63.5 Å². The van der Waals surface area contributed by atoms with E-state index in [9.17, 15) is 5.11 Å². The number of aliphatic hydroxyl groups excluding tert-OH is 1. The molecular weight excluding hydrogens is 246 g/mol. The Morgan fingerprint density at radius 1 is 1.15 bits per heavy atom. The highest BCUT2D eigenvalue weighted by atomic mass is 16.3. The van der Waals surface area contributed by atoms with Crippen LogP contribution in [0.3, 0.4) is 0 Å². The number of aliphatic hydroxyl groups is 1. The minimum Gasteiger partial charge on any atom is -0.394 e. The Hall–Kier alpha value is -0.860. The minimum absolute atomic E-state index is 0.0870. The largest absolute Gasteiger partial charge is 0.394 e. The monoisotopic (exact) mass is 275 g/mol. The molecule has 1 aliphatic carbocycles. The first-order chi connectivity index (χ1) is 9.83. The van der Waals surface area contributed by atoms with E-state index in [2.05, 4.69) is 24.4 Å². The second-order valence-electron chi connectivity index (χ2n) is 6.17. The van der Waals surface area contributed by atoms with Gasteiger partial charge in [-0.05, 0) is 30.7 Å². The maximum atomic E-state index is 9.65. The van der Waals surface area contributed by atoms with Gasteiger partial charge in [-0.2, -0.15) is 0 Å². The van der Waals surface area contributed by atoms with Gasteiger partial charge in [-0.25, -0.2) is 0 Å². The molecule has 3 unspecified atom stereocenters. The van der Waals surface area contributed by atoms with E-state index in [0.29, 0.717) is 6.04 Å². The third kappa shape index (κ3) is 4.60. The fourth-order valence-corrected chi connectivity index (χ4v) is 3.47. The van der Waals surface area contributed by atoms with Gasteiger partial charge in [0.2, 0.25) is 0 Å². The molecule has 20 heavy (non-hydrogen) atoms. The minimum atomic E-state index is 0.0870. The van der Waals surface area contributed by atoms with Crippen molar-refractivity contribution in [1.29, 1.82) is 0 Å². The smallest absolute Gasteiger partial charge is 0.0626 e. The van der Waals surface area contributed by atoms with Crippen molar-refractivity contribution in [3.05, 3.63) is 35.9 Å². The molecule has 1 aromatic rings. The second kappa shape index (κ2) is 8.43. The first kappa shape index (κ1) is 15.5. The van der Waals surface area contributed by atoms with Crippen molar-refractivity contribution in [3.63, 3.8) is 0 Å². The highest BCUT2D eigenvalue weighted by Crippen LogP contribution is 2.28. The number of hydrogen-bond donors (Lipinski definition) is 2. The number of nitrogens with one attached hydrogen (secondary N) is 1. The van der Waals surface area contributed by atoms with Gasteiger partial charge < -0.3 is 10.4 Å². The molecule has 0 aliphatic heterocycles. The van der Waals surface area contributed by atoms with Crippen molar-refractivity contribution >= 4 is 0 Å². The lowest BCUT2D eigenvalue weighted by atomic mass is 9.95. The molecule has 112 valence electrons. The van der Waals surface area contributed by atoms with Crippen LogP contribution in [0.5, 0.6) is 0 Å². The molecule has 2 heteroatoms. The van der Waals surface area contributed by atoms with Crippen molar-refractivity contribution in [1.82, 2.24) is 5.32 Å². The lowest BCUT2D eigenvalue weighted by molar-refractivity contribution is 0.227. The van der Waals surface area contributed by atoms with E-state index in [1.54, 1.807) is 0 Å². The quantitative estimate of drug-likeness (QED) is 0.767.